The number of para-hydroxylation sites is 1. The van der Waals surface area contributed by atoms with Crippen molar-refractivity contribution >= 4 is 62.5 Å². The summed E-state index contributed by atoms with van der Waals surface area (Å²) in [6, 6.07) is 17.4. The van der Waals surface area contributed by atoms with Gasteiger partial charge >= 0.3 is 0 Å². The maximum absolute atomic E-state index is 14.0. The van der Waals surface area contributed by atoms with Crippen LogP contribution in [-0.4, -0.2) is 46.3 Å². The fourth-order valence-electron chi connectivity index (χ4n) is 4.77. The second-order valence-corrected chi connectivity index (χ2v) is 11.9. The first-order chi connectivity index (χ1) is 20.8. The van der Waals surface area contributed by atoms with E-state index >= 15 is 0 Å². The zero-order valence-corrected chi connectivity index (χ0v) is 25.0. The number of methoxy groups -OCH3 is 2. The number of aliphatic hydroxyl groups is 1. The lowest BCUT2D eigenvalue weighted by Gasteiger charge is -2.24. The maximum atomic E-state index is 14.0. The molecule has 0 bridgehead atoms. The quantitative estimate of drug-likeness (QED) is 0.102. The SMILES string of the molecule is COc1cc(C2C(C(=O)c3cc4cccc(OC)c4o3)=C(O)C(=O)N2c2nnc(SCc3ccccc3Cl)s2)ccc1O. The summed E-state index contributed by atoms with van der Waals surface area (Å²) in [5.41, 5.74) is 1.41. The summed E-state index contributed by atoms with van der Waals surface area (Å²) in [4.78, 5) is 28.8. The monoisotopic (exact) mass is 635 g/mol. The van der Waals surface area contributed by atoms with E-state index < -0.39 is 23.5 Å². The molecule has 2 N–H and O–H groups in total. The molecule has 1 amide bonds. The molecule has 0 spiro atoms. The fraction of sp³-hybridized carbons (Fsp3) is 0.133. The number of ketones is 1. The second-order valence-electron chi connectivity index (χ2n) is 9.32. The van der Waals surface area contributed by atoms with Crippen LogP contribution in [0.1, 0.15) is 27.7 Å². The predicted molar refractivity (Wildman–Crippen MR) is 163 cm³/mol. The first-order valence-corrected chi connectivity index (χ1v) is 14.9. The average Bonchev–Trinajstić information content (AvgIpc) is 3.73. The number of carbonyl (C=O) groups excluding carboxylic acids is 2. The van der Waals surface area contributed by atoms with Gasteiger partial charge in [-0.1, -0.05) is 71.1 Å². The maximum Gasteiger partial charge on any atom is 0.296 e. The Kier molecular flexibility index (Phi) is 7.74. The summed E-state index contributed by atoms with van der Waals surface area (Å²) in [5, 5.41) is 31.2. The van der Waals surface area contributed by atoms with E-state index in [0.29, 0.717) is 37.4 Å². The molecule has 1 atom stereocenters. The number of aromatic nitrogens is 2. The Morgan fingerprint density at radius 2 is 1.84 bits per heavy atom. The number of rotatable bonds is 9. The number of benzene rings is 3. The van der Waals surface area contributed by atoms with Crippen molar-refractivity contribution in [1.29, 1.82) is 0 Å². The van der Waals surface area contributed by atoms with Gasteiger partial charge in [-0.05, 0) is 41.5 Å². The van der Waals surface area contributed by atoms with Crippen LogP contribution in [0, 0.1) is 0 Å². The molecule has 5 aromatic rings. The van der Waals surface area contributed by atoms with Gasteiger partial charge < -0.3 is 24.1 Å². The number of fused-ring (bicyclic) bond motifs is 1. The smallest absolute Gasteiger partial charge is 0.296 e. The molecular weight excluding hydrogens is 614 g/mol. The Labute approximate surface area is 258 Å². The van der Waals surface area contributed by atoms with Gasteiger partial charge in [-0.25, -0.2) is 0 Å². The lowest BCUT2D eigenvalue weighted by atomic mass is 9.95. The van der Waals surface area contributed by atoms with Gasteiger partial charge in [-0.3, -0.25) is 14.5 Å². The van der Waals surface area contributed by atoms with E-state index in [9.17, 15) is 19.8 Å². The third-order valence-corrected chi connectivity index (χ3v) is 9.31. The third kappa shape index (κ3) is 5.18. The first-order valence-electron chi connectivity index (χ1n) is 12.7. The van der Waals surface area contributed by atoms with E-state index in [1.54, 1.807) is 24.3 Å². The number of carbonyl (C=O) groups is 2. The van der Waals surface area contributed by atoms with E-state index in [1.807, 2.05) is 18.2 Å². The number of phenols is 1. The van der Waals surface area contributed by atoms with Gasteiger partial charge in [0.15, 0.2) is 38.7 Å². The number of thioether (sulfide) groups is 1. The second kappa shape index (κ2) is 11.6. The number of anilines is 1. The van der Waals surface area contributed by atoms with Crippen molar-refractivity contribution in [2.75, 3.05) is 19.1 Å². The van der Waals surface area contributed by atoms with Crippen molar-refractivity contribution in [3.63, 3.8) is 0 Å². The standard InChI is InChI=1S/C30H22ClN3O7S2/c1-39-20-9-5-7-16-13-22(41-27(16)20)25(36)23-24(15-10-11-19(35)21(12-15)40-2)34(28(38)26(23)37)29-32-33-30(43-29)42-14-17-6-3-4-8-18(17)31/h3-13,24,35,37H,14H2,1-2H3. The molecule has 6 rings (SSSR count). The highest BCUT2D eigenvalue weighted by Crippen LogP contribution is 2.46. The number of nitrogens with zero attached hydrogens (tertiary/aromatic N) is 3. The molecule has 1 aliphatic rings. The van der Waals surface area contributed by atoms with Crippen molar-refractivity contribution in [3.05, 3.63) is 100.0 Å². The van der Waals surface area contributed by atoms with Crippen LogP contribution in [0.5, 0.6) is 17.2 Å². The van der Waals surface area contributed by atoms with Crippen molar-refractivity contribution in [3.8, 4) is 17.2 Å². The molecule has 0 saturated carbocycles. The molecule has 0 aliphatic carbocycles. The lowest BCUT2D eigenvalue weighted by Crippen LogP contribution is -2.31. The summed E-state index contributed by atoms with van der Waals surface area (Å²) in [6.07, 6.45) is 0. The molecule has 13 heteroatoms. The van der Waals surface area contributed by atoms with Crippen LogP contribution in [0.25, 0.3) is 11.0 Å². The predicted octanol–water partition coefficient (Wildman–Crippen LogP) is 6.74. The van der Waals surface area contributed by atoms with Gasteiger partial charge in [0.2, 0.25) is 10.9 Å². The zero-order valence-electron chi connectivity index (χ0n) is 22.6. The van der Waals surface area contributed by atoms with Crippen LogP contribution in [-0.2, 0) is 10.5 Å². The number of phenolic OH excluding ortho intramolecular Hbond substituents is 1. The molecule has 0 saturated heterocycles. The van der Waals surface area contributed by atoms with Crippen LogP contribution < -0.4 is 14.4 Å². The Bertz CT molecular complexity index is 1920. The topological polar surface area (TPSA) is 135 Å². The molecular formula is C30H22ClN3O7S2. The Balaban J connectivity index is 1.40. The number of amides is 1. The van der Waals surface area contributed by atoms with Crippen molar-refractivity contribution in [1.82, 2.24) is 10.2 Å². The van der Waals surface area contributed by atoms with Crippen molar-refractivity contribution in [2.24, 2.45) is 0 Å². The highest BCUT2D eigenvalue weighted by atomic mass is 35.5. The molecule has 1 unspecified atom stereocenters. The summed E-state index contributed by atoms with van der Waals surface area (Å²) < 4.78 is 17.1. The van der Waals surface area contributed by atoms with E-state index in [1.165, 1.54) is 55.1 Å². The van der Waals surface area contributed by atoms with Gasteiger partial charge in [0.05, 0.1) is 25.8 Å². The van der Waals surface area contributed by atoms with E-state index in [-0.39, 0.29) is 28.0 Å². The normalized spacial score (nSPS) is 15.0. The number of ether oxygens (including phenoxy) is 2. The highest BCUT2D eigenvalue weighted by molar-refractivity contribution is 8.00. The first kappa shape index (κ1) is 28.6. The number of hydrogen-bond donors (Lipinski definition) is 2. The fourth-order valence-corrected chi connectivity index (χ4v) is 6.92. The molecule has 43 heavy (non-hydrogen) atoms. The van der Waals surface area contributed by atoms with Crippen molar-refractivity contribution < 1.29 is 33.7 Å². The van der Waals surface area contributed by atoms with E-state index in [2.05, 4.69) is 10.2 Å². The molecule has 218 valence electrons. The van der Waals surface area contributed by atoms with Gasteiger partial charge in [-0.15, -0.1) is 10.2 Å². The summed E-state index contributed by atoms with van der Waals surface area (Å²) >= 11 is 8.80. The largest absolute Gasteiger partial charge is 0.504 e. The molecule has 0 radical (unpaired) electrons. The minimum atomic E-state index is -1.14. The highest BCUT2D eigenvalue weighted by Gasteiger charge is 2.47. The number of aliphatic hydroxyl groups excluding tert-OH is 1. The van der Waals surface area contributed by atoms with Crippen LogP contribution in [0.4, 0.5) is 5.13 Å². The number of Topliss-reactive ketones (excluding diaryl/α,β-unsaturated/α-hetero) is 1. The molecule has 3 heterocycles. The number of aromatic hydroxyl groups is 1. The summed E-state index contributed by atoms with van der Waals surface area (Å²) in [6.45, 7) is 0. The Morgan fingerprint density at radius 3 is 2.60 bits per heavy atom. The Hall–Kier alpha value is -4.52. The van der Waals surface area contributed by atoms with E-state index in [0.717, 1.165) is 16.9 Å². The van der Waals surface area contributed by atoms with Crippen LogP contribution in [0.2, 0.25) is 5.02 Å². The third-order valence-electron chi connectivity index (χ3n) is 6.83. The van der Waals surface area contributed by atoms with E-state index in [4.69, 9.17) is 25.5 Å². The zero-order chi connectivity index (χ0) is 30.2. The lowest BCUT2D eigenvalue weighted by molar-refractivity contribution is -0.117. The van der Waals surface area contributed by atoms with Gasteiger partial charge in [0.1, 0.15) is 0 Å². The molecule has 1 aliphatic heterocycles. The van der Waals surface area contributed by atoms with Crippen LogP contribution in [0.15, 0.2) is 86.8 Å². The van der Waals surface area contributed by atoms with Gasteiger partial charge in [0.25, 0.3) is 5.91 Å². The molecule has 3 aromatic carbocycles. The number of hydrogen-bond acceptors (Lipinski definition) is 11. The summed E-state index contributed by atoms with van der Waals surface area (Å²) in [7, 11) is 2.86. The van der Waals surface area contributed by atoms with Gasteiger partial charge in [0, 0.05) is 16.2 Å². The van der Waals surface area contributed by atoms with Gasteiger partial charge in [-0.2, -0.15) is 0 Å². The number of halogens is 1. The Morgan fingerprint density at radius 1 is 1.05 bits per heavy atom. The molecule has 10 nitrogen and oxygen atoms in total. The van der Waals surface area contributed by atoms with Crippen LogP contribution in [0.3, 0.4) is 0 Å². The average molecular weight is 636 g/mol. The van der Waals surface area contributed by atoms with Crippen LogP contribution >= 0.6 is 34.7 Å². The molecule has 0 fully saturated rings. The van der Waals surface area contributed by atoms with Crippen molar-refractivity contribution in [2.45, 2.75) is 16.1 Å². The molecule has 2 aromatic heterocycles. The summed E-state index contributed by atoms with van der Waals surface area (Å²) in [5.74, 6) is -1.48. The minimum absolute atomic E-state index is 0.0975. The number of furan rings is 1. The minimum Gasteiger partial charge on any atom is -0.504 e.